The number of carbonyl (C=O) groups excluding carboxylic acids is 3. The molecule has 0 saturated carbocycles. The van der Waals surface area contributed by atoms with Crippen LogP contribution < -0.4 is 15.8 Å². The molecule has 0 saturated heterocycles. The molecule has 0 aromatic heterocycles. The lowest BCUT2D eigenvalue weighted by Crippen LogP contribution is -2.47. The quantitative estimate of drug-likeness (QED) is 0.165. The summed E-state index contributed by atoms with van der Waals surface area (Å²) in [7, 11) is 0. The number of hydrazine groups is 1. The van der Waals surface area contributed by atoms with Gasteiger partial charge in [0.05, 0.1) is 15.7 Å². The second kappa shape index (κ2) is 15.6. The lowest BCUT2D eigenvalue weighted by atomic mass is 10.1. The highest BCUT2D eigenvalue weighted by molar-refractivity contribution is 6.42. The number of alkyl carbamates (subject to hydrolysis) is 1. The Morgan fingerprint density at radius 3 is 2.34 bits per heavy atom. The summed E-state index contributed by atoms with van der Waals surface area (Å²) in [4.78, 5) is 38.7. The first kappa shape index (κ1) is 31.4. The van der Waals surface area contributed by atoms with Gasteiger partial charge in [-0.2, -0.15) is 0 Å². The van der Waals surface area contributed by atoms with Crippen LogP contribution in [0.2, 0.25) is 10.0 Å². The molecule has 1 atom stereocenters. The number of unbranched alkanes of at least 4 members (excludes halogenated alkanes) is 2. The highest BCUT2D eigenvalue weighted by atomic mass is 35.5. The van der Waals surface area contributed by atoms with Crippen molar-refractivity contribution >= 4 is 46.9 Å². The van der Waals surface area contributed by atoms with E-state index in [1.807, 2.05) is 30.3 Å². The molecule has 0 spiro atoms. The summed E-state index contributed by atoms with van der Waals surface area (Å²) in [5, 5.41) is 4.64. The maximum absolute atomic E-state index is 13.3. The number of halogens is 2. The van der Waals surface area contributed by atoms with Crippen LogP contribution >= 0.6 is 23.2 Å². The van der Waals surface area contributed by atoms with Crippen molar-refractivity contribution in [1.82, 2.24) is 10.7 Å². The molecule has 2 rings (SSSR count). The highest BCUT2D eigenvalue weighted by Crippen LogP contribution is 2.27. The van der Waals surface area contributed by atoms with E-state index in [-0.39, 0.29) is 25.4 Å². The topological polar surface area (TPSA) is 97.0 Å². The van der Waals surface area contributed by atoms with Gasteiger partial charge in [0.2, 0.25) is 5.91 Å². The van der Waals surface area contributed by atoms with Crippen LogP contribution in [0.25, 0.3) is 0 Å². The van der Waals surface area contributed by atoms with Crippen molar-refractivity contribution in [2.45, 2.75) is 78.0 Å². The van der Waals surface area contributed by atoms with E-state index in [9.17, 15) is 14.4 Å². The Morgan fingerprint density at radius 2 is 1.71 bits per heavy atom. The average Bonchev–Trinajstić information content (AvgIpc) is 2.86. The van der Waals surface area contributed by atoms with Gasteiger partial charge in [-0.05, 0) is 57.4 Å². The van der Waals surface area contributed by atoms with Crippen molar-refractivity contribution in [3.63, 3.8) is 0 Å². The largest absolute Gasteiger partial charge is 0.459 e. The number of rotatable bonds is 13. The lowest BCUT2D eigenvalue weighted by molar-refractivity contribution is -0.147. The lowest BCUT2D eigenvalue weighted by Gasteiger charge is -2.26. The van der Waals surface area contributed by atoms with E-state index in [0.717, 1.165) is 24.8 Å². The molecule has 38 heavy (non-hydrogen) atoms. The zero-order valence-electron chi connectivity index (χ0n) is 22.4. The fourth-order valence-corrected chi connectivity index (χ4v) is 3.71. The van der Waals surface area contributed by atoms with Crippen LogP contribution in [-0.2, 0) is 25.7 Å². The van der Waals surface area contributed by atoms with Crippen LogP contribution in [0.5, 0.6) is 0 Å². The smallest absolute Gasteiger partial charge is 0.408 e. The van der Waals surface area contributed by atoms with Crippen molar-refractivity contribution in [3.05, 3.63) is 64.1 Å². The molecule has 0 heterocycles. The Bertz CT molecular complexity index is 1060. The summed E-state index contributed by atoms with van der Waals surface area (Å²) in [6.45, 7) is 7.86. The minimum absolute atomic E-state index is 0.000160. The predicted octanol–water partition coefficient (Wildman–Crippen LogP) is 6.44. The Labute approximate surface area is 234 Å². The van der Waals surface area contributed by atoms with Gasteiger partial charge in [-0.1, -0.05) is 73.3 Å². The normalized spacial score (nSPS) is 11.9. The molecule has 8 nitrogen and oxygen atoms in total. The molecular formula is C28H37Cl2N3O5. The van der Waals surface area contributed by atoms with E-state index in [1.165, 1.54) is 5.01 Å². The molecule has 1 unspecified atom stereocenters. The number of amides is 2. The van der Waals surface area contributed by atoms with Gasteiger partial charge in [-0.3, -0.25) is 4.79 Å². The van der Waals surface area contributed by atoms with E-state index in [0.29, 0.717) is 22.3 Å². The number of ether oxygens (including phenoxy) is 2. The summed E-state index contributed by atoms with van der Waals surface area (Å²) in [6.07, 6.45) is 2.07. The second-order valence-corrected chi connectivity index (χ2v) is 10.6. The summed E-state index contributed by atoms with van der Waals surface area (Å²) in [6, 6.07) is 13.0. The predicted molar refractivity (Wildman–Crippen MR) is 150 cm³/mol. The van der Waals surface area contributed by atoms with Crippen LogP contribution in [0.3, 0.4) is 0 Å². The van der Waals surface area contributed by atoms with Crippen LogP contribution in [0.4, 0.5) is 10.5 Å². The molecule has 10 heteroatoms. The number of hydrogen-bond donors (Lipinski definition) is 2. The van der Waals surface area contributed by atoms with E-state index in [1.54, 1.807) is 39.0 Å². The van der Waals surface area contributed by atoms with Crippen molar-refractivity contribution in [3.8, 4) is 0 Å². The van der Waals surface area contributed by atoms with Gasteiger partial charge in [0.25, 0.3) is 0 Å². The fraction of sp³-hybridized carbons (Fsp3) is 0.464. The Morgan fingerprint density at radius 1 is 1.00 bits per heavy atom. The van der Waals surface area contributed by atoms with E-state index in [2.05, 4.69) is 17.7 Å². The molecule has 0 fully saturated rings. The number of esters is 1. The van der Waals surface area contributed by atoms with Crippen molar-refractivity contribution in [2.75, 3.05) is 11.6 Å². The van der Waals surface area contributed by atoms with Gasteiger partial charge >= 0.3 is 12.1 Å². The third kappa shape index (κ3) is 11.3. The number of carbonyl (C=O) groups is 3. The first-order valence-corrected chi connectivity index (χ1v) is 13.5. The molecule has 0 aliphatic heterocycles. The van der Waals surface area contributed by atoms with Gasteiger partial charge in [0.15, 0.2) is 0 Å². The molecule has 0 radical (unpaired) electrons. The van der Waals surface area contributed by atoms with Gasteiger partial charge in [-0.15, -0.1) is 0 Å². The summed E-state index contributed by atoms with van der Waals surface area (Å²) < 4.78 is 10.7. The molecule has 0 aliphatic rings. The second-order valence-electron chi connectivity index (χ2n) is 9.77. The molecule has 208 valence electrons. The average molecular weight is 567 g/mol. The van der Waals surface area contributed by atoms with Gasteiger partial charge in [-0.25, -0.2) is 20.0 Å². The molecule has 2 N–H and O–H groups in total. The van der Waals surface area contributed by atoms with Crippen LogP contribution in [0, 0.1) is 0 Å². The molecule has 2 aromatic rings. The van der Waals surface area contributed by atoms with Crippen molar-refractivity contribution < 1.29 is 23.9 Å². The van der Waals surface area contributed by atoms with Crippen LogP contribution in [0.15, 0.2) is 48.5 Å². The highest BCUT2D eigenvalue weighted by Gasteiger charge is 2.28. The zero-order chi connectivity index (χ0) is 28.1. The maximum Gasteiger partial charge on any atom is 0.408 e. The number of benzene rings is 2. The van der Waals surface area contributed by atoms with Gasteiger partial charge in [0, 0.05) is 13.0 Å². The third-order valence-corrected chi connectivity index (χ3v) is 6.05. The monoisotopic (exact) mass is 565 g/mol. The molecular weight excluding hydrogens is 529 g/mol. The molecule has 0 aliphatic carbocycles. The number of nitrogens with one attached hydrogen (secondary N) is 2. The van der Waals surface area contributed by atoms with Crippen molar-refractivity contribution in [1.29, 1.82) is 0 Å². The molecule has 2 amide bonds. The summed E-state index contributed by atoms with van der Waals surface area (Å²) in [5.74, 6) is -0.976. The van der Waals surface area contributed by atoms with Gasteiger partial charge < -0.3 is 14.8 Å². The SMILES string of the molecule is CCCCCNN(C(=O)CCC(NC(=O)OC(C)(C)C)C(=O)OCc1ccccc1)c1ccc(Cl)c(Cl)c1. The van der Waals surface area contributed by atoms with Gasteiger partial charge in [0.1, 0.15) is 18.2 Å². The summed E-state index contributed by atoms with van der Waals surface area (Å²) >= 11 is 12.2. The number of nitrogens with zero attached hydrogens (tertiary/aromatic N) is 1. The van der Waals surface area contributed by atoms with E-state index >= 15 is 0 Å². The van der Waals surface area contributed by atoms with E-state index in [4.69, 9.17) is 32.7 Å². The zero-order valence-corrected chi connectivity index (χ0v) is 23.9. The first-order chi connectivity index (χ1) is 18.0. The third-order valence-electron chi connectivity index (χ3n) is 5.31. The fourth-order valence-electron chi connectivity index (χ4n) is 3.42. The maximum atomic E-state index is 13.3. The Hall–Kier alpha value is -2.81. The van der Waals surface area contributed by atoms with Crippen LogP contribution in [0.1, 0.15) is 65.4 Å². The van der Waals surface area contributed by atoms with E-state index < -0.39 is 23.7 Å². The minimum Gasteiger partial charge on any atom is -0.459 e. The Balaban J connectivity index is 2.14. The summed E-state index contributed by atoms with van der Waals surface area (Å²) in [5.41, 5.74) is 3.70. The Kier molecular flexibility index (Phi) is 12.9. The number of hydrogen-bond acceptors (Lipinski definition) is 6. The van der Waals surface area contributed by atoms with Crippen LogP contribution in [-0.4, -0.2) is 36.2 Å². The molecule has 2 aromatic carbocycles. The number of anilines is 1. The first-order valence-electron chi connectivity index (χ1n) is 12.7. The minimum atomic E-state index is -1.09. The standard InChI is InChI=1S/C28H37Cl2N3O5/c1-5-6-10-17-31-33(21-13-14-22(29)23(30)18-21)25(34)16-15-24(32-27(36)38-28(2,3)4)26(35)37-19-20-11-8-7-9-12-20/h7-9,11-14,18,24,31H,5-6,10,15-17,19H2,1-4H3,(H,32,36). The molecule has 0 bridgehead atoms. The van der Waals surface area contributed by atoms with Crippen molar-refractivity contribution in [2.24, 2.45) is 0 Å².